The van der Waals surface area contributed by atoms with Gasteiger partial charge in [-0.3, -0.25) is 14.4 Å². The first kappa shape index (κ1) is 19.5. The fraction of sp³-hybridized carbons (Fsp3) is 0.350. The zero-order valence-electron chi connectivity index (χ0n) is 15.7. The van der Waals surface area contributed by atoms with Crippen molar-refractivity contribution in [2.45, 2.75) is 13.0 Å². The second kappa shape index (κ2) is 9.07. The molecule has 148 valence electrons. The number of para-hydroxylation sites is 1. The number of hydrogen-bond acceptors (Lipinski definition) is 5. The van der Waals surface area contributed by atoms with Crippen molar-refractivity contribution in [3.05, 3.63) is 54.0 Å². The van der Waals surface area contributed by atoms with Crippen molar-refractivity contribution >= 4 is 17.7 Å². The van der Waals surface area contributed by atoms with Crippen LogP contribution in [0.4, 0.5) is 0 Å². The molecule has 8 heteroatoms. The Morgan fingerprint density at radius 2 is 1.75 bits per heavy atom. The second-order valence-electron chi connectivity index (χ2n) is 6.42. The van der Waals surface area contributed by atoms with E-state index < -0.39 is 0 Å². The summed E-state index contributed by atoms with van der Waals surface area (Å²) in [6.07, 6.45) is 1.23. The van der Waals surface area contributed by atoms with E-state index in [0.717, 1.165) is 5.56 Å². The first-order chi connectivity index (χ1) is 13.6. The minimum Gasteiger partial charge on any atom is -0.496 e. The van der Waals surface area contributed by atoms with E-state index in [1.54, 1.807) is 29.0 Å². The number of methoxy groups -OCH3 is 1. The van der Waals surface area contributed by atoms with Gasteiger partial charge in [0.2, 0.25) is 11.8 Å². The summed E-state index contributed by atoms with van der Waals surface area (Å²) in [5.41, 5.74) is 0.843. The predicted molar refractivity (Wildman–Crippen MR) is 101 cm³/mol. The molecule has 1 aliphatic heterocycles. The van der Waals surface area contributed by atoms with Crippen molar-refractivity contribution in [1.82, 2.24) is 15.1 Å². The highest BCUT2D eigenvalue weighted by Crippen LogP contribution is 2.16. The van der Waals surface area contributed by atoms with Gasteiger partial charge in [-0.05, 0) is 18.2 Å². The smallest absolute Gasteiger partial charge is 0.289 e. The molecule has 1 N–H and O–H groups in total. The first-order valence-corrected chi connectivity index (χ1v) is 9.07. The summed E-state index contributed by atoms with van der Waals surface area (Å²) in [5.74, 6) is 0.196. The summed E-state index contributed by atoms with van der Waals surface area (Å²) in [6.45, 7) is 1.90. The van der Waals surface area contributed by atoms with Crippen LogP contribution in [0.1, 0.15) is 22.5 Å². The van der Waals surface area contributed by atoms with Crippen LogP contribution in [-0.4, -0.2) is 60.8 Å². The van der Waals surface area contributed by atoms with Crippen LogP contribution < -0.4 is 10.1 Å². The lowest BCUT2D eigenvalue weighted by Crippen LogP contribution is -2.51. The molecule has 0 radical (unpaired) electrons. The van der Waals surface area contributed by atoms with E-state index in [1.807, 2.05) is 24.3 Å². The van der Waals surface area contributed by atoms with Gasteiger partial charge in [0.15, 0.2) is 5.76 Å². The first-order valence-electron chi connectivity index (χ1n) is 9.07. The summed E-state index contributed by atoms with van der Waals surface area (Å²) in [4.78, 5) is 40.0. The number of nitrogens with one attached hydrogen (secondary N) is 1. The Labute approximate surface area is 163 Å². The largest absolute Gasteiger partial charge is 0.496 e. The lowest BCUT2D eigenvalue weighted by Gasteiger charge is -2.34. The molecule has 1 aromatic carbocycles. The van der Waals surface area contributed by atoms with E-state index in [0.29, 0.717) is 38.5 Å². The van der Waals surface area contributed by atoms with E-state index in [-0.39, 0.29) is 29.9 Å². The molecule has 3 amide bonds. The van der Waals surface area contributed by atoms with Crippen molar-refractivity contribution in [3.63, 3.8) is 0 Å². The van der Waals surface area contributed by atoms with Gasteiger partial charge in [0.25, 0.3) is 5.91 Å². The Kier molecular flexibility index (Phi) is 6.31. The summed E-state index contributed by atoms with van der Waals surface area (Å²) in [5, 5.41) is 2.75. The Hall–Kier alpha value is -3.29. The molecule has 1 fully saturated rings. The number of ether oxygens (including phenoxy) is 1. The standard InChI is InChI=1S/C20H23N3O5/c1-27-16-6-3-2-5-15(16)14-21-18(24)13-19(25)22-8-10-23(11-9-22)20(26)17-7-4-12-28-17/h2-7,12H,8-11,13-14H2,1H3,(H,21,24). The Bertz CT molecular complexity index is 826. The van der Waals surface area contributed by atoms with Gasteiger partial charge in [0.1, 0.15) is 12.2 Å². The van der Waals surface area contributed by atoms with Crippen molar-refractivity contribution in [3.8, 4) is 5.75 Å². The molecule has 3 rings (SSSR count). The minimum absolute atomic E-state index is 0.188. The molecule has 0 bridgehead atoms. The molecule has 28 heavy (non-hydrogen) atoms. The third kappa shape index (κ3) is 4.70. The zero-order chi connectivity index (χ0) is 19.9. The van der Waals surface area contributed by atoms with Gasteiger partial charge < -0.3 is 24.3 Å². The van der Waals surface area contributed by atoms with Crippen molar-refractivity contribution in [2.75, 3.05) is 33.3 Å². The molecule has 1 aromatic heterocycles. The molecule has 0 unspecified atom stereocenters. The SMILES string of the molecule is COc1ccccc1CNC(=O)CC(=O)N1CCN(C(=O)c2ccco2)CC1. The molecule has 2 aromatic rings. The average molecular weight is 385 g/mol. The van der Waals surface area contributed by atoms with Gasteiger partial charge >= 0.3 is 0 Å². The molecule has 0 saturated carbocycles. The van der Waals surface area contributed by atoms with E-state index in [9.17, 15) is 14.4 Å². The predicted octanol–water partition coefficient (Wildman–Crippen LogP) is 1.28. The molecule has 2 heterocycles. The summed E-state index contributed by atoms with van der Waals surface area (Å²) < 4.78 is 10.4. The van der Waals surface area contributed by atoms with Crippen LogP contribution in [0.15, 0.2) is 47.1 Å². The zero-order valence-corrected chi connectivity index (χ0v) is 15.7. The number of furan rings is 1. The van der Waals surface area contributed by atoms with Gasteiger partial charge in [-0.1, -0.05) is 18.2 Å². The number of carbonyl (C=O) groups excluding carboxylic acids is 3. The van der Waals surface area contributed by atoms with E-state index >= 15 is 0 Å². The van der Waals surface area contributed by atoms with Gasteiger partial charge in [-0.25, -0.2) is 0 Å². The molecule has 0 spiro atoms. The number of rotatable bonds is 6. The second-order valence-corrected chi connectivity index (χ2v) is 6.42. The maximum absolute atomic E-state index is 12.4. The molecular formula is C20H23N3O5. The maximum atomic E-state index is 12.4. The fourth-order valence-electron chi connectivity index (χ4n) is 3.07. The Morgan fingerprint density at radius 1 is 1.04 bits per heavy atom. The highest BCUT2D eigenvalue weighted by Gasteiger charge is 2.26. The maximum Gasteiger partial charge on any atom is 0.289 e. The van der Waals surface area contributed by atoms with Crippen LogP contribution >= 0.6 is 0 Å². The molecular weight excluding hydrogens is 362 g/mol. The van der Waals surface area contributed by atoms with Crippen LogP contribution in [0.5, 0.6) is 5.75 Å². The van der Waals surface area contributed by atoms with Crippen LogP contribution in [0, 0.1) is 0 Å². The van der Waals surface area contributed by atoms with Crippen LogP contribution in [-0.2, 0) is 16.1 Å². The van der Waals surface area contributed by atoms with Crippen molar-refractivity contribution in [2.24, 2.45) is 0 Å². The molecule has 1 aliphatic rings. The highest BCUT2D eigenvalue weighted by atomic mass is 16.5. The lowest BCUT2D eigenvalue weighted by atomic mass is 10.2. The summed E-state index contributed by atoms with van der Waals surface area (Å²) >= 11 is 0. The normalized spacial score (nSPS) is 13.9. The molecule has 1 saturated heterocycles. The Morgan fingerprint density at radius 3 is 2.43 bits per heavy atom. The number of carbonyl (C=O) groups is 3. The molecule has 0 atom stereocenters. The number of amides is 3. The third-order valence-electron chi connectivity index (χ3n) is 4.63. The topological polar surface area (TPSA) is 92.1 Å². The Balaban J connectivity index is 1.44. The van der Waals surface area contributed by atoms with Crippen LogP contribution in [0.25, 0.3) is 0 Å². The highest BCUT2D eigenvalue weighted by molar-refractivity contribution is 5.97. The molecule has 0 aliphatic carbocycles. The van der Waals surface area contributed by atoms with Gasteiger partial charge in [0, 0.05) is 38.3 Å². The van der Waals surface area contributed by atoms with Gasteiger partial charge in [-0.15, -0.1) is 0 Å². The third-order valence-corrected chi connectivity index (χ3v) is 4.63. The number of piperazine rings is 1. The van der Waals surface area contributed by atoms with Crippen molar-refractivity contribution in [1.29, 1.82) is 0 Å². The lowest BCUT2D eigenvalue weighted by molar-refractivity contribution is -0.137. The summed E-state index contributed by atoms with van der Waals surface area (Å²) in [7, 11) is 1.57. The minimum atomic E-state index is -0.343. The van der Waals surface area contributed by atoms with Gasteiger partial charge in [-0.2, -0.15) is 0 Å². The molecule has 8 nitrogen and oxygen atoms in total. The number of nitrogens with zero attached hydrogens (tertiary/aromatic N) is 2. The van der Waals surface area contributed by atoms with E-state index in [2.05, 4.69) is 5.32 Å². The monoisotopic (exact) mass is 385 g/mol. The quantitative estimate of drug-likeness (QED) is 0.757. The summed E-state index contributed by atoms with van der Waals surface area (Å²) in [6, 6.07) is 10.7. The van der Waals surface area contributed by atoms with Gasteiger partial charge in [0.05, 0.1) is 13.4 Å². The number of hydrogen-bond donors (Lipinski definition) is 1. The number of benzene rings is 1. The fourth-order valence-corrected chi connectivity index (χ4v) is 3.07. The van der Waals surface area contributed by atoms with Crippen LogP contribution in [0.2, 0.25) is 0 Å². The van der Waals surface area contributed by atoms with E-state index in [1.165, 1.54) is 6.26 Å². The van der Waals surface area contributed by atoms with Crippen LogP contribution in [0.3, 0.4) is 0 Å². The van der Waals surface area contributed by atoms with Crippen molar-refractivity contribution < 1.29 is 23.5 Å². The van der Waals surface area contributed by atoms with E-state index in [4.69, 9.17) is 9.15 Å². The average Bonchev–Trinajstić information content (AvgIpc) is 3.27.